The number of hydrogen-bond acceptors (Lipinski definition) is 1. The van der Waals surface area contributed by atoms with Gasteiger partial charge in [-0.1, -0.05) is 61.7 Å². The summed E-state index contributed by atoms with van der Waals surface area (Å²) in [7, 11) is 0. The Morgan fingerprint density at radius 3 is 2.86 bits per heavy atom. The molecule has 21 heavy (non-hydrogen) atoms. The molecule has 1 nitrogen and oxygen atoms in total. The third kappa shape index (κ3) is 3.35. The average molecular weight is 410 g/mol. The molecule has 3 heteroatoms. The highest BCUT2D eigenvalue weighted by Gasteiger charge is 2.20. The molecule has 0 amide bonds. The molecule has 1 aliphatic rings. The van der Waals surface area contributed by atoms with Gasteiger partial charge >= 0.3 is 0 Å². The smallest absolute Gasteiger partial charge is 0.125 e. The van der Waals surface area contributed by atoms with Crippen molar-refractivity contribution in [2.75, 3.05) is 11.9 Å². The van der Waals surface area contributed by atoms with Crippen LogP contribution >= 0.6 is 31.9 Å². The molecule has 1 heterocycles. The summed E-state index contributed by atoms with van der Waals surface area (Å²) >= 11 is 7.31. The van der Waals surface area contributed by atoms with E-state index in [0.29, 0.717) is 5.92 Å². The van der Waals surface area contributed by atoms with Crippen LogP contribution in [0.15, 0.2) is 40.9 Å². The van der Waals surface area contributed by atoms with Gasteiger partial charge in [0, 0.05) is 16.2 Å². The van der Waals surface area contributed by atoms with E-state index in [1.165, 1.54) is 22.3 Å². The van der Waals surface area contributed by atoms with Gasteiger partial charge in [-0.25, -0.2) is 0 Å². The fourth-order valence-corrected chi connectivity index (χ4v) is 4.10. The van der Waals surface area contributed by atoms with Crippen LogP contribution in [0.5, 0.6) is 5.75 Å². The number of rotatable bonds is 4. The molecule has 0 fully saturated rings. The summed E-state index contributed by atoms with van der Waals surface area (Å²) in [6.07, 6.45) is 2.02. The van der Waals surface area contributed by atoms with Gasteiger partial charge in [0.15, 0.2) is 0 Å². The predicted octanol–water partition coefficient (Wildman–Crippen LogP) is 5.41. The van der Waals surface area contributed by atoms with Crippen molar-refractivity contribution in [1.29, 1.82) is 0 Å². The summed E-state index contributed by atoms with van der Waals surface area (Å²) in [5, 5.41) is 0.956. The van der Waals surface area contributed by atoms with E-state index in [1.807, 2.05) is 0 Å². The quantitative estimate of drug-likeness (QED) is 0.613. The minimum atomic E-state index is 0.465. The van der Waals surface area contributed by atoms with Crippen LogP contribution in [-0.4, -0.2) is 11.9 Å². The van der Waals surface area contributed by atoms with E-state index in [0.717, 1.165) is 35.0 Å². The Labute approximate surface area is 143 Å². The van der Waals surface area contributed by atoms with Crippen LogP contribution in [0.3, 0.4) is 0 Å². The third-order valence-electron chi connectivity index (χ3n) is 3.99. The van der Waals surface area contributed by atoms with Gasteiger partial charge in [0.25, 0.3) is 0 Å². The van der Waals surface area contributed by atoms with Crippen LogP contribution in [0.1, 0.15) is 28.2 Å². The highest BCUT2D eigenvalue weighted by atomic mass is 79.9. The predicted molar refractivity (Wildman–Crippen MR) is 94.8 cm³/mol. The third-order valence-corrected chi connectivity index (χ3v) is 5.23. The summed E-state index contributed by atoms with van der Waals surface area (Å²) < 4.78 is 7.01. The maximum atomic E-state index is 5.85. The Balaban J connectivity index is 1.91. The van der Waals surface area contributed by atoms with E-state index in [9.17, 15) is 0 Å². The SMILES string of the molecule is Cc1cccc(C(CBr)Cc2cc(Br)cc3c2OCC3)c1. The van der Waals surface area contributed by atoms with Crippen molar-refractivity contribution >= 4 is 31.9 Å². The summed E-state index contributed by atoms with van der Waals surface area (Å²) in [5.41, 5.74) is 5.34. The lowest BCUT2D eigenvalue weighted by molar-refractivity contribution is 0.353. The van der Waals surface area contributed by atoms with E-state index >= 15 is 0 Å². The highest BCUT2D eigenvalue weighted by Crippen LogP contribution is 2.36. The van der Waals surface area contributed by atoms with Crippen molar-refractivity contribution in [3.63, 3.8) is 0 Å². The number of ether oxygens (including phenoxy) is 1. The maximum absolute atomic E-state index is 5.85. The van der Waals surface area contributed by atoms with Crippen molar-refractivity contribution in [2.45, 2.75) is 25.7 Å². The molecule has 0 saturated carbocycles. The van der Waals surface area contributed by atoms with Gasteiger partial charge in [0.2, 0.25) is 0 Å². The van der Waals surface area contributed by atoms with E-state index in [2.05, 4.69) is 75.2 Å². The zero-order chi connectivity index (χ0) is 14.8. The minimum Gasteiger partial charge on any atom is -0.493 e. The first-order valence-corrected chi connectivity index (χ1v) is 9.15. The van der Waals surface area contributed by atoms with Crippen molar-refractivity contribution in [2.24, 2.45) is 0 Å². The van der Waals surface area contributed by atoms with Crippen molar-refractivity contribution in [3.05, 3.63) is 63.1 Å². The van der Waals surface area contributed by atoms with Crippen molar-refractivity contribution < 1.29 is 4.74 Å². The topological polar surface area (TPSA) is 9.23 Å². The molecule has 0 aliphatic carbocycles. The molecular weight excluding hydrogens is 392 g/mol. The van der Waals surface area contributed by atoms with Crippen LogP contribution in [0.2, 0.25) is 0 Å². The van der Waals surface area contributed by atoms with Gasteiger partial charge in [0.05, 0.1) is 6.61 Å². The molecule has 1 atom stereocenters. The van der Waals surface area contributed by atoms with Gasteiger partial charge in [-0.15, -0.1) is 0 Å². The first-order valence-electron chi connectivity index (χ1n) is 7.24. The van der Waals surface area contributed by atoms with Crippen molar-refractivity contribution in [3.8, 4) is 5.75 Å². The Hall–Kier alpha value is -0.800. The lowest BCUT2D eigenvalue weighted by atomic mass is 9.91. The highest BCUT2D eigenvalue weighted by molar-refractivity contribution is 9.10. The van der Waals surface area contributed by atoms with E-state index in [1.54, 1.807) is 0 Å². The fraction of sp³-hybridized carbons (Fsp3) is 0.333. The van der Waals surface area contributed by atoms with Crippen LogP contribution in [0.25, 0.3) is 0 Å². The number of hydrogen-bond donors (Lipinski definition) is 0. The zero-order valence-electron chi connectivity index (χ0n) is 12.0. The van der Waals surface area contributed by atoms with E-state index < -0.39 is 0 Å². The van der Waals surface area contributed by atoms with Gasteiger partial charge in [0.1, 0.15) is 5.75 Å². The summed E-state index contributed by atoms with van der Waals surface area (Å²) in [4.78, 5) is 0. The molecule has 0 N–H and O–H groups in total. The van der Waals surface area contributed by atoms with Gasteiger partial charge < -0.3 is 4.74 Å². The Morgan fingerprint density at radius 2 is 2.10 bits per heavy atom. The molecule has 0 saturated heterocycles. The molecule has 110 valence electrons. The number of fused-ring (bicyclic) bond motifs is 1. The van der Waals surface area contributed by atoms with Crippen LogP contribution in [-0.2, 0) is 12.8 Å². The number of halogens is 2. The number of alkyl halides is 1. The van der Waals surface area contributed by atoms with E-state index in [4.69, 9.17) is 4.74 Å². The molecule has 3 rings (SSSR count). The monoisotopic (exact) mass is 408 g/mol. The molecule has 0 aromatic heterocycles. The molecule has 1 aliphatic heterocycles. The fourth-order valence-electron chi connectivity index (χ4n) is 2.95. The first kappa shape index (κ1) is 15.1. The lowest BCUT2D eigenvalue weighted by Gasteiger charge is -2.17. The minimum absolute atomic E-state index is 0.465. The molecule has 2 aromatic carbocycles. The summed E-state index contributed by atoms with van der Waals surface area (Å²) in [5.74, 6) is 1.57. The molecular formula is C18H18Br2O. The van der Waals surface area contributed by atoms with Gasteiger partial charge in [-0.2, -0.15) is 0 Å². The molecule has 1 unspecified atom stereocenters. The Kier molecular flexibility index (Phi) is 4.70. The summed E-state index contributed by atoms with van der Waals surface area (Å²) in [6.45, 7) is 2.96. The first-order chi connectivity index (χ1) is 10.2. The number of aryl methyl sites for hydroxylation is 1. The van der Waals surface area contributed by atoms with Crippen molar-refractivity contribution in [1.82, 2.24) is 0 Å². The molecule has 0 spiro atoms. The van der Waals surface area contributed by atoms with Gasteiger partial charge in [-0.05, 0) is 48.1 Å². The Morgan fingerprint density at radius 1 is 1.24 bits per heavy atom. The normalized spacial score (nSPS) is 14.6. The average Bonchev–Trinajstić information content (AvgIpc) is 2.92. The Bertz CT molecular complexity index is 652. The van der Waals surface area contributed by atoms with Crippen LogP contribution < -0.4 is 4.74 Å². The lowest BCUT2D eigenvalue weighted by Crippen LogP contribution is -2.06. The standard InChI is InChI=1S/C18H18Br2O/c1-12-3-2-4-13(7-12)16(11-19)8-15-10-17(20)9-14-5-6-21-18(14)15/h2-4,7,9-10,16H,5-6,8,11H2,1H3. The molecule has 0 radical (unpaired) electrons. The second-order valence-electron chi connectivity index (χ2n) is 5.62. The molecule has 0 bridgehead atoms. The second-order valence-corrected chi connectivity index (χ2v) is 7.18. The largest absolute Gasteiger partial charge is 0.493 e. The zero-order valence-corrected chi connectivity index (χ0v) is 15.2. The molecule has 2 aromatic rings. The van der Waals surface area contributed by atoms with E-state index in [-0.39, 0.29) is 0 Å². The maximum Gasteiger partial charge on any atom is 0.125 e. The second kappa shape index (κ2) is 6.53. The summed E-state index contributed by atoms with van der Waals surface area (Å²) in [6, 6.07) is 13.2. The van der Waals surface area contributed by atoms with Gasteiger partial charge in [-0.3, -0.25) is 0 Å². The van der Waals surface area contributed by atoms with Crippen LogP contribution in [0, 0.1) is 6.92 Å². The van der Waals surface area contributed by atoms with Crippen LogP contribution in [0.4, 0.5) is 0 Å². The number of benzene rings is 2.